The zero-order chi connectivity index (χ0) is 19.1. The highest BCUT2D eigenvalue weighted by Gasteiger charge is 2.35. The van der Waals surface area contributed by atoms with E-state index in [1.54, 1.807) is 7.11 Å². The predicted octanol–water partition coefficient (Wildman–Crippen LogP) is 2.46. The van der Waals surface area contributed by atoms with Gasteiger partial charge in [0.15, 0.2) is 11.5 Å². The van der Waals surface area contributed by atoms with Gasteiger partial charge in [-0.1, -0.05) is 0 Å². The molecule has 1 aliphatic carbocycles. The molecular formula is C21H23N5O2. The zero-order valence-electron chi connectivity index (χ0n) is 15.9. The minimum Gasteiger partial charge on any atom is -0.497 e. The minimum absolute atomic E-state index is 0.285. The molecule has 7 nitrogen and oxygen atoms in total. The van der Waals surface area contributed by atoms with E-state index in [-0.39, 0.29) is 5.92 Å². The molecule has 3 aromatic rings. The van der Waals surface area contributed by atoms with E-state index >= 15 is 0 Å². The topological polar surface area (TPSA) is 63.0 Å². The standard InChI is InChI=1S/C21H23N5O2/c1-28-17-6-4-15(5-7-17)18-14-23-20-19(22-8-9-26(18)20)24-10-12-25(13-11-24)21(27)16-2-3-16/h4-9,14,16H,2-3,10-13H2,1H3. The van der Waals surface area contributed by atoms with Crippen molar-refractivity contribution in [1.29, 1.82) is 0 Å². The summed E-state index contributed by atoms with van der Waals surface area (Å²) in [4.78, 5) is 25.8. The molecule has 5 rings (SSSR count). The summed E-state index contributed by atoms with van der Waals surface area (Å²) in [6.07, 6.45) is 7.76. The summed E-state index contributed by atoms with van der Waals surface area (Å²) in [6.45, 7) is 3.08. The molecule has 0 spiro atoms. The fourth-order valence-corrected chi connectivity index (χ4v) is 3.83. The van der Waals surface area contributed by atoms with Crippen molar-refractivity contribution in [3.63, 3.8) is 0 Å². The summed E-state index contributed by atoms with van der Waals surface area (Å²) in [7, 11) is 1.67. The van der Waals surface area contributed by atoms with Crippen LogP contribution in [0.1, 0.15) is 12.8 Å². The van der Waals surface area contributed by atoms with Gasteiger partial charge in [-0.05, 0) is 37.1 Å². The van der Waals surface area contributed by atoms with E-state index in [0.717, 1.165) is 67.5 Å². The lowest BCUT2D eigenvalue weighted by Gasteiger charge is -2.35. The first-order valence-electron chi connectivity index (χ1n) is 9.75. The first-order chi connectivity index (χ1) is 13.7. The Morgan fingerprint density at radius 1 is 1.07 bits per heavy atom. The lowest BCUT2D eigenvalue weighted by molar-refractivity contribution is -0.132. The number of anilines is 1. The van der Waals surface area contributed by atoms with Crippen molar-refractivity contribution >= 4 is 17.4 Å². The van der Waals surface area contributed by atoms with Gasteiger partial charge in [0.25, 0.3) is 0 Å². The van der Waals surface area contributed by atoms with E-state index in [4.69, 9.17) is 4.74 Å². The highest BCUT2D eigenvalue weighted by atomic mass is 16.5. The quantitative estimate of drug-likeness (QED) is 0.699. The second-order valence-corrected chi connectivity index (χ2v) is 7.40. The van der Waals surface area contributed by atoms with Crippen molar-refractivity contribution in [1.82, 2.24) is 19.3 Å². The van der Waals surface area contributed by atoms with Crippen LogP contribution in [0.3, 0.4) is 0 Å². The molecule has 1 saturated heterocycles. The number of aromatic nitrogens is 3. The van der Waals surface area contributed by atoms with Crippen molar-refractivity contribution in [3.05, 3.63) is 42.9 Å². The maximum Gasteiger partial charge on any atom is 0.225 e. The molecule has 0 atom stereocenters. The Kier molecular flexibility index (Phi) is 4.15. The summed E-state index contributed by atoms with van der Waals surface area (Å²) in [5.41, 5.74) is 2.93. The SMILES string of the molecule is COc1ccc(-c2cnc3c(N4CCN(C(=O)C5CC5)CC4)nccn23)cc1. The monoisotopic (exact) mass is 377 g/mol. The van der Waals surface area contributed by atoms with Gasteiger partial charge in [-0.15, -0.1) is 0 Å². The maximum absolute atomic E-state index is 12.3. The summed E-state index contributed by atoms with van der Waals surface area (Å²) >= 11 is 0. The van der Waals surface area contributed by atoms with Crippen LogP contribution in [-0.4, -0.2) is 58.5 Å². The van der Waals surface area contributed by atoms with Gasteiger partial charge in [0, 0.05) is 50.1 Å². The van der Waals surface area contributed by atoms with Gasteiger partial charge < -0.3 is 14.5 Å². The Hall–Kier alpha value is -3.09. The number of nitrogens with zero attached hydrogens (tertiary/aromatic N) is 5. The van der Waals surface area contributed by atoms with Gasteiger partial charge >= 0.3 is 0 Å². The number of piperazine rings is 1. The Bertz CT molecular complexity index is 1000. The van der Waals surface area contributed by atoms with Gasteiger partial charge in [0.2, 0.25) is 5.91 Å². The number of carbonyl (C=O) groups is 1. The number of amides is 1. The zero-order valence-corrected chi connectivity index (χ0v) is 15.9. The molecule has 3 heterocycles. The first kappa shape index (κ1) is 17.0. The summed E-state index contributed by atoms with van der Waals surface area (Å²) in [6, 6.07) is 7.97. The molecule has 2 aliphatic rings. The second kappa shape index (κ2) is 6.82. The molecule has 0 radical (unpaired) electrons. The van der Waals surface area contributed by atoms with E-state index in [0.29, 0.717) is 5.91 Å². The van der Waals surface area contributed by atoms with Crippen LogP contribution in [0, 0.1) is 5.92 Å². The fourth-order valence-electron chi connectivity index (χ4n) is 3.83. The molecule has 1 saturated carbocycles. The van der Waals surface area contributed by atoms with Crippen LogP contribution in [-0.2, 0) is 4.79 Å². The number of imidazole rings is 1. The van der Waals surface area contributed by atoms with Crippen LogP contribution in [0.2, 0.25) is 0 Å². The molecule has 144 valence electrons. The fraction of sp³-hybridized carbons (Fsp3) is 0.381. The summed E-state index contributed by atoms with van der Waals surface area (Å²) in [5.74, 6) is 2.32. The number of benzene rings is 1. The summed E-state index contributed by atoms with van der Waals surface area (Å²) < 4.78 is 7.32. The predicted molar refractivity (Wildman–Crippen MR) is 106 cm³/mol. The van der Waals surface area contributed by atoms with E-state index in [2.05, 4.69) is 19.3 Å². The van der Waals surface area contributed by atoms with Crippen molar-refractivity contribution in [2.75, 3.05) is 38.2 Å². The van der Waals surface area contributed by atoms with Crippen molar-refractivity contribution in [3.8, 4) is 17.0 Å². The molecule has 0 bridgehead atoms. The third kappa shape index (κ3) is 2.96. The Labute approximate surface area is 163 Å². The van der Waals surface area contributed by atoms with Crippen LogP contribution in [0.5, 0.6) is 5.75 Å². The first-order valence-corrected chi connectivity index (χ1v) is 9.75. The number of methoxy groups -OCH3 is 1. The molecule has 1 amide bonds. The normalized spacial score (nSPS) is 17.2. The van der Waals surface area contributed by atoms with Crippen LogP contribution in [0.25, 0.3) is 16.9 Å². The number of hydrogen-bond acceptors (Lipinski definition) is 5. The molecule has 28 heavy (non-hydrogen) atoms. The Balaban J connectivity index is 1.40. The maximum atomic E-state index is 12.3. The molecule has 7 heteroatoms. The van der Waals surface area contributed by atoms with Crippen molar-refractivity contribution < 1.29 is 9.53 Å². The van der Waals surface area contributed by atoms with Crippen LogP contribution in [0.4, 0.5) is 5.82 Å². The van der Waals surface area contributed by atoms with Gasteiger partial charge in [0.05, 0.1) is 19.0 Å². The van der Waals surface area contributed by atoms with Crippen molar-refractivity contribution in [2.45, 2.75) is 12.8 Å². The third-order valence-corrected chi connectivity index (χ3v) is 5.61. The van der Waals surface area contributed by atoms with Crippen LogP contribution >= 0.6 is 0 Å². The van der Waals surface area contributed by atoms with Crippen molar-refractivity contribution in [2.24, 2.45) is 5.92 Å². The molecule has 2 fully saturated rings. The number of ether oxygens (including phenoxy) is 1. The molecule has 0 N–H and O–H groups in total. The summed E-state index contributed by atoms with van der Waals surface area (Å²) in [5, 5.41) is 0. The van der Waals surface area contributed by atoms with Gasteiger partial charge in [0.1, 0.15) is 5.75 Å². The largest absolute Gasteiger partial charge is 0.497 e. The van der Waals surface area contributed by atoms with E-state index in [1.165, 1.54) is 0 Å². The average molecular weight is 377 g/mol. The average Bonchev–Trinajstić information content (AvgIpc) is 3.52. The third-order valence-electron chi connectivity index (χ3n) is 5.61. The van der Waals surface area contributed by atoms with E-state index in [1.807, 2.05) is 47.8 Å². The number of fused-ring (bicyclic) bond motifs is 1. The molecular weight excluding hydrogens is 354 g/mol. The van der Waals surface area contributed by atoms with Gasteiger partial charge in [-0.25, -0.2) is 9.97 Å². The molecule has 0 unspecified atom stereocenters. The van der Waals surface area contributed by atoms with E-state index < -0.39 is 0 Å². The van der Waals surface area contributed by atoms with Crippen LogP contribution < -0.4 is 9.64 Å². The highest BCUT2D eigenvalue weighted by Crippen LogP contribution is 2.32. The smallest absolute Gasteiger partial charge is 0.225 e. The molecule has 2 aromatic heterocycles. The lowest BCUT2D eigenvalue weighted by atomic mass is 10.1. The van der Waals surface area contributed by atoms with E-state index in [9.17, 15) is 4.79 Å². The Morgan fingerprint density at radius 3 is 2.50 bits per heavy atom. The minimum atomic E-state index is 0.285. The number of hydrogen-bond donors (Lipinski definition) is 0. The Morgan fingerprint density at radius 2 is 1.82 bits per heavy atom. The molecule has 1 aliphatic heterocycles. The van der Waals surface area contributed by atoms with Crippen LogP contribution in [0.15, 0.2) is 42.9 Å². The number of rotatable bonds is 4. The lowest BCUT2D eigenvalue weighted by Crippen LogP contribution is -2.49. The van der Waals surface area contributed by atoms with Gasteiger partial charge in [-0.3, -0.25) is 9.20 Å². The number of carbonyl (C=O) groups excluding carboxylic acids is 1. The van der Waals surface area contributed by atoms with Gasteiger partial charge in [-0.2, -0.15) is 0 Å². The highest BCUT2D eigenvalue weighted by molar-refractivity contribution is 5.81. The second-order valence-electron chi connectivity index (χ2n) is 7.40. The molecule has 1 aromatic carbocycles.